The van der Waals surface area contributed by atoms with Crippen molar-refractivity contribution in [3.8, 4) is 17.6 Å². The van der Waals surface area contributed by atoms with Crippen molar-refractivity contribution in [3.05, 3.63) is 91.6 Å². The van der Waals surface area contributed by atoms with Gasteiger partial charge in [0.25, 0.3) is 11.5 Å². The molecular weight excluding hydrogens is 583 g/mol. The number of benzene rings is 2. The number of hydrogen-bond acceptors (Lipinski definition) is 9. The molecule has 2 aromatic carbocycles. The summed E-state index contributed by atoms with van der Waals surface area (Å²) in [5.41, 5.74) is 3.20. The van der Waals surface area contributed by atoms with Gasteiger partial charge in [0.05, 0.1) is 11.4 Å². The molecule has 6 rings (SSSR count). The van der Waals surface area contributed by atoms with Gasteiger partial charge in [0.1, 0.15) is 21.8 Å². The Morgan fingerprint density at radius 2 is 1.74 bits per heavy atom. The van der Waals surface area contributed by atoms with Crippen LogP contribution in [0, 0.1) is 18.3 Å². The predicted octanol–water partition coefficient (Wildman–Crippen LogP) is 4.50. The van der Waals surface area contributed by atoms with Crippen LogP contribution in [-0.4, -0.2) is 57.6 Å². The van der Waals surface area contributed by atoms with Crippen LogP contribution < -0.4 is 19.9 Å². The van der Waals surface area contributed by atoms with E-state index in [1.807, 2.05) is 37.3 Å². The SMILES string of the molecule is CCn1c(N2CCN(Cc3ccccc3)CC2)c(C=C2SC(=S)N(Cc3ccc4c(c3)OCO4)C2=O)c(C)c(C#N)c1=O. The molecule has 0 atom stereocenters. The Morgan fingerprint density at radius 3 is 2.47 bits per heavy atom. The number of hydrogen-bond donors (Lipinski definition) is 0. The van der Waals surface area contributed by atoms with Gasteiger partial charge in [-0.3, -0.25) is 24.0 Å². The summed E-state index contributed by atoms with van der Waals surface area (Å²) >= 11 is 6.87. The molecule has 4 heterocycles. The van der Waals surface area contributed by atoms with Crippen LogP contribution in [0.1, 0.15) is 34.7 Å². The number of ether oxygens (including phenoxy) is 2. The number of pyridine rings is 1. The zero-order valence-electron chi connectivity index (χ0n) is 24.0. The molecule has 0 radical (unpaired) electrons. The van der Waals surface area contributed by atoms with Crippen molar-refractivity contribution < 1.29 is 14.3 Å². The quantitative estimate of drug-likeness (QED) is 0.282. The molecule has 2 saturated heterocycles. The molecule has 3 aliphatic heterocycles. The van der Waals surface area contributed by atoms with E-state index in [0.29, 0.717) is 58.0 Å². The van der Waals surface area contributed by atoms with Gasteiger partial charge in [-0.2, -0.15) is 5.26 Å². The second kappa shape index (κ2) is 12.2. The molecule has 0 spiro atoms. The first kappa shape index (κ1) is 29.0. The minimum atomic E-state index is -0.309. The highest BCUT2D eigenvalue weighted by atomic mass is 32.2. The number of nitrogens with zero attached hydrogens (tertiary/aromatic N) is 5. The van der Waals surface area contributed by atoms with E-state index >= 15 is 0 Å². The van der Waals surface area contributed by atoms with Gasteiger partial charge in [0.15, 0.2) is 11.5 Å². The lowest BCUT2D eigenvalue weighted by Crippen LogP contribution is -2.48. The second-order valence-electron chi connectivity index (χ2n) is 10.6. The zero-order chi connectivity index (χ0) is 30.1. The molecule has 3 aromatic rings. The Kier molecular flexibility index (Phi) is 8.25. The zero-order valence-corrected chi connectivity index (χ0v) is 25.7. The first-order chi connectivity index (χ1) is 20.9. The minimum Gasteiger partial charge on any atom is -0.454 e. The molecule has 0 unspecified atom stereocenters. The van der Waals surface area contributed by atoms with Crippen LogP contribution in [0.3, 0.4) is 0 Å². The summed E-state index contributed by atoms with van der Waals surface area (Å²) in [5.74, 6) is 1.86. The molecule has 0 bridgehead atoms. The summed E-state index contributed by atoms with van der Waals surface area (Å²) in [6.07, 6.45) is 1.81. The maximum absolute atomic E-state index is 13.7. The number of thiocarbonyl (C=S) groups is 1. The van der Waals surface area contributed by atoms with E-state index in [1.165, 1.54) is 17.3 Å². The van der Waals surface area contributed by atoms with Gasteiger partial charge in [-0.05, 0) is 48.7 Å². The third-order valence-electron chi connectivity index (χ3n) is 8.01. The van der Waals surface area contributed by atoms with E-state index < -0.39 is 0 Å². The van der Waals surface area contributed by atoms with Gasteiger partial charge < -0.3 is 14.4 Å². The Labute approximate surface area is 259 Å². The monoisotopic (exact) mass is 613 g/mol. The number of thioether (sulfide) groups is 1. The molecule has 2 fully saturated rings. The van der Waals surface area contributed by atoms with E-state index in [4.69, 9.17) is 21.7 Å². The van der Waals surface area contributed by atoms with Crippen molar-refractivity contribution >= 4 is 46.1 Å². The van der Waals surface area contributed by atoms with Crippen LogP contribution in [0.2, 0.25) is 0 Å². The number of anilines is 1. The van der Waals surface area contributed by atoms with E-state index in [0.717, 1.165) is 31.0 Å². The summed E-state index contributed by atoms with van der Waals surface area (Å²) in [6.45, 7) is 8.50. The summed E-state index contributed by atoms with van der Waals surface area (Å²) in [7, 11) is 0. The van der Waals surface area contributed by atoms with E-state index in [2.05, 4.69) is 40.1 Å². The summed E-state index contributed by atoms with van der Waals surface area (Å²) in [5, 5.41) is 9.92. The largest absolute Gasteiger partial charge is 0.454 e. The van der Waals surface area contributed by atoms with Crippen LogP contribution in [0.15, 0.2) is 58.2 Å². The Balaban J connectivity index is 1.31. The summed E-state index contributed by atoms with van der Waals surface area (Å²) in [4.78, 5) is 33.8. The van der Waals surface area contributed by atoms with Gasteiger partial charge in [-0.1, -0.05) is 60.4 Å². The van der Waals surface area contributed by atoms with Crippen LogP contribution >= 0.6 is 24.0 Å². The molecule has 9 nitrogen and oxygen atoms in total. The van der Waals surface area contributed by atoms with E-state index in [-0.39, 0.29) is 23.8 Å². The third kappa shape index (κ3) is 5.66. The highest BCUT2D eigenvalue weighted by molar-refractivity contribution is 8.26. The molecule has 0 N–H and O–H groups in total. The van der Waals surface area contributed by atoms with Gasteiger partial charge in [0.2, 0.25) is 6.79 Å². The maximum atomic E-state index is 13.7. The fraction of sp³-hybridized carbons (Fsp3) is 0.312. The smallest absolute Gasteiger partial charge is 0.270 e. The van der Waals surface area contributed by atoms with Crippen molar-refractivity contribution in [2.75, 3.05) is 37.9 Å². The molecule has 43 heavy (non-hydrogen) atoms. The number of aromatic nitrogens is 1. The highest BCUT2D eigenvalue weighted by Crippen LogP contribution is 2.38. The van der Waals surface area contributed by atoms with Crippen molar-refractivity contribution in [2.24, 2.45) is 0 Å². The Bertz CT molecular complexity index is 1720. The number of nitriles is 1. The second-order valence-corrected chi connectivity index (χ2v) is 12.3. The van der Waals surface area contributed by atoms with Gasteiger partial charge in [0, 0.05) is 44.8 Å². The standard InChI is InChI=1S/C32H31N5O4S2/c1-3-36-29(35-13-11-34(12-14-35)18-22-7-5-4-6-8-22)24(21(2)25(17-33)30(36)38)16-28-31(39)37(32(42)43-28)19-23-9-10-26-27(15-23)41-20-40-26/h4-10,15-16H,3,11-14,18-20H2,1-2H3. The minimum absolute atomic E-state index is 0.0930. The molecule has 1 amide bonds. The third-order valence-corrected chi connectivity index (χ3v) is 9.39. The molecule has 3 aliphatic rings. The van der Waals surface area contributed by atoms with Crippen LogP contribution in [0.5, 0.6) is 11.5 Å². The van der Waals surface area contributed by atoms with Crippen LogP contribution in [0.4, 0.5) is 5.82 Å². The first-order valence-corrected chi connectivity index (χ1v) is 15.4. The lowest BCUT2D eigenvalue weighted by atomic mass is 10.0. The lowest BCUT2D eigenvalue weighted by molar-refractivity contribution is -0.122. The number of amides is 1. The van der Waals surface area contributed by atoms with Crippen molar-refractivity contribution in [3.63, 3.8) is 0 Å². The average molecular weight is 614 g/mol. The normalized spacial score (nSPS) is 17.7. The fourth-order valence-corrected chi connectivity index (χ4v) is 6.96. The molecule has 11 heteroatoms. The lowest BCUT2D eigenvalue weighted by Gasteiger charge is -2.38. The molecule has 0 aliphatic carbocycles. The molecular formula is C32H31N5O4S2. The van der Waals surface area contributed by atoms with Gasteiger partial charge >= 0.3 is 0 Å². The molecule has 220 valence electrons. The number of carbonyl (C=O) groups excluding carboxylic acids is 1. The topological polar surface area (TPSA) is 91.0 Å². The molecule has 0 saturated carbocycles. The van der Waals surface area contributed by atoms with Gasteiger partial charge in [-0.25, -0.2) is 0 Å². The predicted molar refractivity (Wildman–Crippen MR) is 171 cm³/mol. The number of piperazine rings is 1. The molecule has 1 aromatic heterocycles. The number of fused-ring (bicyclic) bond motifs is 1. The van der Waals surface area contributed by atoms with E-state index in [9.17, 15) is 14.9 Å². The first-order valence-electron chi connectivity index (χ1n) is 14.2. The number of rotatable bonds is 7. The van der Waals surface area contributed by atoms with Crippen LogP contribution in [0.25, 0.3) is 6.08 Å². The van der Waals surface area contributed by atoms with E-state index in [1.54, 1.807) is 16.4 Å². The Morgan fingerprint density at radius 1 is 1.00 bits per heavy atom. The summed E-state index contributed by atoms with van der Waals surface area (Å²) in [6, 6.07) is 18.1. The fourth-order valence-electron chi connectivity index (χ4n) is 5.73. The maximum Gasteiger partial charge on any atom is 0.270 e. The van der Waals surface area contributed by atoms with Crippen molar-refractivity contribution in [2.45, 2.75) is 33.5 Å². The summed E-state index contributed by atoms with van der Waals surface area (Å²) < 4.78 is 13.0. The number of carbonyl (C=O) groups is 1. The van der Waals surface area contributed by atoms with Crippen molar-refractivity contribution in [1.29, 1.82) is 5.26 Å². The average Bonchev–Trinajstić information content (AvgIpc) is 3.59. The Hall–Kier alpha value is -4.11. The van der Waals surface area contributed by atoms with Crippen molar-refractivity contribution in [1.82, 2.24) is 14.4 Å². The van der Waals surface area contributed by atoms with Gasteiger partial charge in [-0.15, -0.1) is 0 Å². The van der Waals surface area contributed by atoms with Crippen LogP contribution in [-0.2, 0) is 24.4 Å². The highest BCUT2D eigenvalue weighted by Gasteiger charge is 2.34.